The van der Waals surface area contributed by atoms with E-state index in [9.17, 15) is 4.79 Å². The lowest BCUT2D eigenvalue weighted by Gasteiger charge is -2.21. The number of carbonyl (C=O) groups excluding carboxylic acids is 1. The number of hydrogen-bond acceptors (Lipinski definition) is 3. The molecule has 2 atom stereocenters. The molecular weight excluding hydrogens is 240 g/mol. The zero-order valence-electron chi connectivity index (χ0n) is 11.6. The number of methoxy groups -OCH3 is 1. The smallest absolute Gasteiger partial charge is 0.237 e. The molecular formula is C15H22N2O2. The van der Waals surface area contributed by atoms with E-state index in [0.29, 0.717) is 0 Å². The largest absolute Gasteiger partial charge is 0.497 e. The van der Waals surface area contributed by atoms with Crippen LogP contribution in [-0.2, 0) is 4.79 Å². The maximum Gasteiger partial charge on any atom is 0.237 e. The van der Waals surface area contributed by atoms with Gasteiger partial charge in [-0.05, 0) is 43.9 Å². The van der Waals surface area contributed by atoms with E-state index in [-0.39, 0.29) is 18.0 Å². The second kappa shape index (κ2) is 6.57. The van der Waals surface area contributed by atoms with Crippen LogP contribution in [0, 0.1) is 0 Å². The van der Waals surface area contributed by atoms with Crippen molar-refractivity contribution < 1.29 is 9.53 Å². The monoisotopic (exact) mass is 262 g/mol. The zero-order valence-corrected chi connectivity index (χ0v) is 11.6. The summed E-state index contributed by atoms with van der Waals surface area (Å²) in [7, 11) is 1.66. The van der Waals surface area contributed by atoms with E-state index in [1.165, 1.54) is 0 Å². The van der Waals surface area contributed by atoms with Gasteiger partial charge in [0.2, 0.25) is 5.91 Å². The number of amides is 1. The summed E-state index contributed by atoms with van der Waals surface area (Å²) in [6.07, 6.45) is 3.05. The zero-order chi connectivity index (χ0) is 13.7. The second-order valence-corrected chi connectivity index (χ2v) is 5.00. The van der Waals surface area contributed by atoms with Gasteiger partial charge in [-0.25, -0.2) is 0 Å². The molecule has 1 aliphatic rings. The molecule has 1 saturated heterocycles. The van der Waals surface area contributed by atoms with Crippen molar-refractivity contribution in [3.63, 3.8) is 0 Å². The highest BCUT2D eigenvalue weighted by Crippen LogP contribution is 2.20. The molecule has 1 amide bonds. The summed E-state index contributed by atoms with van der Waals surface area (Å²) >= 11 is 0. The Kier molecular flexibility index (Phi) is 4.80. The Morgan fingerprint density at radius 1 is 1.42 bits per heavy atom. The van der Waals surface area contributed by atoms with Gasteiger partial charge in [0.05, 0.1) is 13.2 Å². The molecule has 1 aromatic rings. The Bertz CT molecular complexity index is 434. The van der Waals surface area contributed by atoms with Crippen LogP contribution in [0.1, 0.15) is 37.8 Å². The van der Waals surface area contributed by atoms with Crippen LogP contribution in [0.25, 0.3) is 0 Å². The van der Waals surface area contributed by atoms with Crippen LogP contribution in [0.5, 0.6) is 5.75 Å². The summed E-state index contributed by atoms with van der Waals surface area (Å²) in [5.41, 5.74) is 1.14. The first-order chi connectivity index (χ1) is 9.20. The molecule has 104 valence electrons. The molecule has 0 unspecified atom stereocenters. The molecule has 1 fully saturated rings. The van der Waals surface area contributed by atoms with Crippen molar-refractivity contribution in [1.29, 1.82) is 0 Å². The van der Waals surface area contributed by atoms with Crippen LogP contribution in [0.3, 0.4) is 0 Å². The molecule has 0 saturated carbocycles. The fraction of sp³-hybridized carbons (Fsp3) is 0.533. The van der Waals surface area contributed by atoms with E-state index in [4.69, 9.17) is 4.74 Å². The first-order valence-electron chi connectivity index (χ1n) is 6.88. The fourth-order valence-corrected chi connectivity index (χ4v) is 2.41. The summed E-state index contributed by atoms with van der Waals surface area (Å²) in [5, 5.41) is 6.36. The van der Waals surface area contributed by atoms with Gasteiger partial charge < -0.3 is 10.1 Å². The molecule has 2 rings (SSSR count). The first-order valence-corrected chi connectivity index (χ1v) is 6.88. The molecule has 19 heavy (non-hydrogen) atoms. The molecule has 1 aliphatic heterocycles. The van der Waals surface area contributed by atoms with Crippen molar-refractivity contribution in [3.8, 4) is 5.75 Å². The van der Waals surface area contributed by atoms with Crippen LogP contribution in [0.2, 0.25) is 0 Å². The highest BCUT2D eigenvalue weighted by atomic mass is 16.5. The topological polar surface area (TPSA) is 50.4 Å². The van der Waals surface area contributed by atoms with Gasteiger partial charge in [-0.3, -0.25) is 10.1 Å². The third-order valence-electron chi connectivity index (χ3n) is 3.58. The van der Waals surface area contributed by atoms with E-state index >= 15 is 0 Å². The number of hydrogen-bond donors (Lipinski definition) is 2. The first kappa shape index (κ1) is 13.9. The molecule has 0 aromatic heterocycles. The number of ether oxygens (including phenoxy) is 1. The van der Waals surface area contributed by atoms with Crippen molar-refractivity contribution in [3.05, 3.63) is 29.8 Å². The number of nitrogens with one attached hydrogen (secondary N) is 2. The van der Waals surface area contributed by atoms with Crippen LogP contribution in [-0.4, -0.2) is 25.6 Å². The average molecular weight is 262 g/mol. The lowest BCUT2D eigenvalue weighted by molar-refractivity contribution is -0.123. The molecule has 4 nitrogen and oxygen atoms in total. The number of carbonyl (C=O) groups is 1. The Hall–Kier alpha value is -1.55. The lowest BCUT2D eigenvalue weighted by Crippen LogP contribution is -2.43. The fourth-order valence-electron chi connectivity index (χ4n) is 2.41. The second-order valence-electron chi connectivity index (χ2n) is 5.00. The van der Waals surface area contributed by atoms with Crippen molar-refractivity contribution in [2.45, 2.75) is 38.3 Å². The van der Waals surface area contributed by atoms with Crippen molar-refractivity contribution in [1.82, 2.24) is 10.6 Å². The summed E-state index contributed by atoms with van der Waals surface area (Å²) in [6, 6.07) is 7.99. The van der Waals surface area contributed by atoms with Crippen molar-refractivity contribution in [2.75, 3.05) is 13.7 Å². The summed E-state index contributed by atoms with van der Waals surface area (Å²) in [6.45, 7) is 2.87. The molecule has 0 spiro atoms. The predicted octanol–water partition coefficient (Wildman–Crippen LogP) is 2.01. The normalized spacial score (nSPS) is 21.4. The molecule has 1 heterocycles. The summed E-state index contributed by atoms with van der Waals surface area (Å²) in [5.74, 6) is 0.962. The van der Waals surface area contributed by atoms with Crippen molar-refractivity contribution >= 4 is 5.91 Å². The van der Waals surface area contributed by atoms with E-state index in [1.54, 1.807) is 7.11 Å². The van der Waals surface area contributed by atoms with Crippen LogP contribution >= 0.6 is 0 Å². The quantitative estimate of drug-likeness (QED) is 0.872. The van der Waals surface area contributed by atoms with Gasteiger partial charge in [-0.15, -0.1) is 0 Å². The van der Waals surface area contributed by atoms with Gasteiger partial charge in [0, 0.05) is 12.6 Å². The highest BCUT2D eigenvalue weighted by molar-refractivity contribution is 5.81. The minimum atomic E-state index is -0.0938. The average Bonchev–Trinajstić information content (AvgIpc) is 2.64. The molecule has 0 aliphatic carbocycles. The van der Waals surface area contributed by atoms with Gasteiger partial charge in [0.1, 0.15) is 5.75 Å². The summed E-state index contributed by atoms with van der Waals surface area (Å²) in [4.78, 5) is 11.9. The maximum atomic E-state index is 11.9. The predicted molar refractivity (Wildman–Crippen MR) is 75.2 cm³/mol. The Labute approximate surface area is 114 Å². The Morgan fingerprint density at radius 2 is 2.26 bits per heavy atom. The molecule has 4 heteroatoms. The van der Waals surface area contributed by atoms with Crippen LogP contribution in [0.4, 0.5) is 0 Å². The standard InChI is InChI=1S/C15H22N2O2/c1-11(12-6-5-7-13(10-12)19-2)17-14-8-3-4-9-16-15(14)18/h5-7,10-11,14,17H,3-4,8-9H2,1-2H3,(H,16,18)/t11-,14-/m0/s1. The molecule has 0 radical (unpaired) electrons. The van der Waals surface area contributed by atoms with Gasteiger partial charge in [-0.2, -0.15) is 0 Å². The van der Waals surface area contributed by atoms with E-state index in [2.05, 4.69) is 23.6 Å². The van der Waals surface area contributed by atoms with Gasteiger partial charge in [0.15, 0.2) is 0 Å². The van der Waals surface area contributed by atoms with Gasteiger partial charge in [0.25, 0.3) is 0 Å². The summed E-state index contributed by atoms with van der Waals surface area (Å²) < 4.78 is 5.23. The van der Waals surface area contributed by atoms with E-state index < -0.39 is 0 Å². The number of rotatable bonds is 4. The third kappa shape index (κ3) is 3.70. The molecule has 2 N–H and O–H groups in total. The van der Waals surface area contributed by atoms with Crippen LogP contribution < -0.4 is 15.4 Å². The van der Waals surface area contributed by atoms with E-state index in [1.807, 2.05) is 18.2 Å². The van der Waals surface area contributed by atoms with Crippen LogP contribution in [0.15, 0.2) is 24.3 Å². The third-order valence-corrected chi connectivity index (χ3v) is 3.58. The minimum absolute atomic E-state index is 0.0938. The Balaban J connectivity index is 2.02. The van der Waals surface area contributed by atoms with E-state index in [0.717, 1.165) is 37.1 Å². The van der Waals surface area contributed by atoms with Crippen molar-refractivity contribution in [2.24, 2.45) is 0 Å². The maximum absolute atomic E-state index is 11.9. The molecule has 1 aromatic carbocycles. The van der Waals surface area contributed by atoms with Gasteiger partial charge in [-0.1, -0.05) is 12.1 Å². The highest BCUT2D eigenvalue weighted by Gasteiger charge is 2.22. The Morgan fingerprint density at radius 3 is 3.05 bits per heavy atom. The SMILES string of the molecule is COc1cccc([C@H](C)N[C@H]2CCCCNC2=O)c1. The van der Waals surface area contributed by atoms with Gasteiger partial charge >= 0.3 is 0 Å². The number of benzene rings is 1. The lowest BCUT2D eigenvalue weighted by atomic mass is 10.0. The molecule has 0 bridgehead atoms. The minimum Gasteiger partial charge on any atom is -0.497 e.